The molecule has 1 fully saturated rings. The maximum absolute atomic E-state index is 13.7. The highest BCUT2D eigenvalue weighted by atomic mass is 19.4. The highest BCUT2D eigenvalue weighted by molar-refractivity contribution is 6.04. The second-order valence-corrected chi connectivity index (χ2v) is 8.03. The number of rotatable bonds is 5. The van der Waals surface area contributed by atoms with Crippen LogP contribution < -0.4 is 19.7 Å². The summed E-state index contributed by atoms with van der Waals surface area (Å²) < 4.78 is 52.1. The predicted octanol–water partition coefficient (Wildman–Crippen LogP) is 3.94. The van der Waals surface area contributed by atoms with E-state index in [1.165, 1.54) is 42.7 Å². The number of hydrogen-bond donors (Lipinski definition) is 1. The largest absolute Gasteiger partial charge is 0.486 e. The van der Waals surface area contributed by atoms with Gasteiger partial charge in [-0.15, -0.1) is 0 Å². The molecule has 33 heavy (non-hydrogen) atoms. The molecular formula is C23H24F3N3O4. The number of hydrogen-bond acceptors (Lipinski definition) is 5. The number of amides is 2. The maximum atomic E-state index is 13.7. The molecular weight excluding hydrogens is 439 g/mol. The molecule has 7 nitrogen and oxygen atoms in total. The van der Waals surface area contributed by atoms with Gasteiger partial charge in [0.2, 0.25) is 5.91 Å². The SMILES string of the molecule is O=C(NC1CCCCC1)[C@@H](c1ccncc1)N(C(=O)C(F)(F)F)c1ccc2c(c1)OCCO2. The number of fused-ring (bicyclic) bond motifs is 1. The molecule has 176 valence electrons. The quantitative estimate of drug-likeness (QED) is 0.727. The van der Waals surface area contributed by atoms with E-state index in [4.69, 9.17) is 9.47 Å². The molecule has 0 unspecified atom stereocenters. The number of nitrogens with zero attached hydrogens (tertiary/aromatic N) is 2. The smallest absolute Gasteiger partial charge is 0.471 e. The first-order valence-electron chi connectivity index (χ1n) is 10.8. The Balaban J connectivity index is 1.77. The van der Waals surface area contributed by atoms with Gasteiger partial charge < -0.3 is 14.8 Å². The number of aromatic nitrogens is 1. The van der Waals surface area contributed by atoms with Gasteiger partial charge in [0.1, 0.15) is 19.3 Å². The number of carbonyl (C=O) groups excluding carboxylic acids is 2. The summed E-state index contributed by atoms with van der Waals surface area (Å²) in [5.41, 5.74) is 0.0907. The normalized spacial score (nSPS) is 17.2. The van der Waals surface area contributed by atoms with Crippen LogP contribution in [0.3, 0.4) is 0 Å². The van der Waals surface area contributed by atoms with E-state index in [1.807, 2.05) is 0 Å². The van der Waals surface area contributed by atoms with E-state index in [-0.39, 0.29) is 29.6 Å². The third-order valence-electron chi connectivity index (χ3n) is 5.75. The highest BCUT2D eigenvalue weighted by Crippen LogP contribution is 2.39. The minimum atomic E-state index is -5.20. The van der Waals surface area contributed by atoms with Crippen LogP contribution in [0.15, 0.2) is 42.7 Å². The molecule has 1 atom stereocenters. The minimum absolute atomic E-state index is 0.123. The van der Waals surface area contributed by atoms with Crippen LogP contribution in [0.1, 0.15) is 43.7 Å². The molecule has 1 aromatic carbocycles. The fraction of sp³-hybridized carbons (Fsp3) is 0.435. The summed E-state index contributed by atoms with van der Waals surface area (Å²) in [5.74, 6) is -2.27. The van der Waals surface area contributed by atoms with Gasteiger partial charge in [-0.25, -0.2) is 0 Å². The van der Waals surface area contributed by atoms with E-state index in [1.54, 1.807) is 0 Å². The van der Waals surface area contributed by atoms with E-state index in [0.29, 0.717) is 17.3 Å². The van der Waals surface area contributed by atoms with E-state index < -0.39 is 24.0 Å². The van der Waals surface area contributed by atoms with Gasteiger partial charge in [-0.1, -0.05) is 19.3 Å². The van der Waals surface area contributed by atoms with Crippen molar-refractivity contribution in [1.29, 1.82) is 0 Å². The summed E-state index contributed by atoms with van der Waals surface area (Å²) in [6.45, 7) is 0.528. The molecule has 0 saturated heterocycles. The van der Waals surface area contributed by atoms with Gasteiger partial charge >= 0.3 is 12.1 Å². The number of benzene rings is 1. The number of pyridine rings is 1. The summed E-state index contributed by atoms with van der Waals surface area (Å²) in [6.07, 6.45) is 1.93. The lowest BCUT2D eigenvalue weighted by Crippen LogP contribution is -2.50. The Bertz CT molecular complexity index is 994. The van der Waals surface area contributed by atoms with Crippen molar-refractivity contribution >= 4 is 17.5 Å². The van der Waals surface area contributed by atoms with Crippen LogP contribution in [0.2, 0.25) is 0 Å². The first-order valence-corrected chi connectivity index (χ1v) is 10.8. The standard InChI is InChI=1S/C23H24F3N3O4/c24-23(25,26)22(31)29(17-6-7-18-19(14-17)33-13-12-32-18)20(15-8-10-27-11-9-15)21(30)28-16-4-2-1-3-5-16/h6-11,14,16,20H,1-5,12-13H2,(H,28,30)/t20-/m1/s1. The van der Waals surface area contributed by atoms with Gasteiger partial charge in [-0.05, 0) is 42.7 Å². The molecule has 2 heterocycles. The van der Waals surface area contributed by atoms with Crippen molar-refractivity contribution in [2.45, 2.75) is 50.4 Å². The first kappa shape index (κ1) is 22.9. The second kappa shape index (κ2) is 9.68. The number of halogens is 3. The van der Waals surface area contributed by atoms with E-state index in [9.17, 15) is 22.8 Å². The van der Waals surface area contributed by atoms with Gasteiger partial charge in [-0.2, -0.15) is 13.2 Å². The van der Waals surface area contributed by atoms with Crippen molar-refractivity contribution in [3.05, 3.63) is 48.3 Å². The van der Waals surface area contributed by atoms with Crippen LogP contribution in [0.25, 0.3) is 0 Å². The first-order chi connectivity index (χ1) is 15.8. The van der Waals surface area contributed by atoms with Crippen molar-refractivity contribution in [2.24, 2.45) is 0 Å². The molecule has 2 amide bonds. The third-order valence-corrected chi connectivity index (χ3v) is 5.75. The Kier molecular flexibility index (Phi) is 6.71. The van der Waals surface area contributed by atoms with Gasteiger partial charge in [0, 0.05) is 30.2 Å². The van der Waals surface area contributed by atoms with Crippen molar-refractivity contribution in [3.63, 3.8) is 0 Å². The molecule has 0 spiro atoms. The number of ether oxygens (including phenoxy) is 2. The lowest BCUT2D eigenvalue weighted by atomic mass is 9.94. The molecule has 1 aliphatic heterocycles. The van der Waals surface area contributed by atoms with Gasteiger partial charge in [0.25, 0.3) is 0 Å². The maximum Gasteiger partial charge on any atom is 0.471 e. The third kappa shape index (κ3) is 5.20. The average molecular weight is 463 g/mol. The second-order valence-electron chi connectivity index (χ2n) is 8.03. The fourth-order valence-electron chi connectivity index (χ4n) is 4.19. The highest BCUT2D eigenvalue weighted by Gasteiger charge is 2.48. The lowest BCUT2D eigenvalue weighted by Gasteiger charge is -2.34. The van der Waals surface area contributed by atoms with Crippen molar-refractivity contribution in [1.82, 2.24) is 10.3 Å². The summed E-state index contributed by atoms with van der Waals surface area (Å²) in [7, 11) is 0. The molecule has 1 aliphatic carbocycles. The van der Waals surface area contributed by atoms with Crippen LogP contribution in [0.4, 0.5) is 18.9 Å². The van der Waals surface area contributed by atoms with E-state index >= 15 is 0 Å². The lowest BCUT2D eigenvalue weighted by molar-refractivity contribution is -0.171. The number of carbonyl (C=O) groups is 2. The minimum Gasteiger partial charge on any atom is -0.486 e. The van der Waals surface area contributed by atoms with Gasteiger partial charge in [-0.3, -0.25) is 19.5 Å². The monoisotopic (exact) mass is 463 g/mol. The topological polar surface area (TPSA) is 80.8 Å². The Morgan fingerprint density at radius 3 is 2.33 bits per heavy atom. The summed E-state index contributed by atoms with van der Waals surface area (Å²) >= 11 is 0. The molecule has 10 heteroatoms. The number of nitrogens with one attached hydrogen (secondary N) is 1. The zero-order valence-corrected chi connectivity index (χ0v) is 17.8. The van der Waals surface area contributed by atoms with Crippen LogP contribution >= 0.6 is 0 Å². The zero-order chi connectivity index (χ0) is 23.4. The number of anilines is 1. The van der Waals surface area contributed by atoms with Crippen molar-refractivity contribution in [3.8, 4) is 11.5 Å². The number of alkyl halides is 3. The molecule has 0 bridgehead atoms. The fourth-order valence-corrected chi connectivity index (χ4v) is 4.19. The zero-order valence-electron chi connectivity index (χ0n) is 17.8. The molecule has 1 N–H and O–H groups in total. The Hall–Kier alpha value is -3.30. The summed E-state index contributed by atoms with van der Waals surface area (Å²) in [4.78, 5) is 30.4. The molecule has 2 aromatic rings. The Labute approximate surface area is 188 Å². The van der Waals surface area contributed by atoms with Crippen LogP contribution in [0, 0.1) is 0 Å². The summed E-state index contributed by atoms with van der Waals surface area (Å²) in [6, 6.07) is 5.20. The summed E-state index contributed by atoms with van der Waals surface area (Å²) in [5, 5.41) is 2.86. The van der Waals surface area contributed by atoms with Gasteiger partial charge in [0.05, 0.1) is 0 Å². The van der Waals surface area contributed by atoms with Gasteiger partial charge in [0.15, 0.2) is 11.5 Å². The molecule has 1 aromatic heterocycles. The molecule has 0 radical (unpaired) electrons. The van der Waals surface area contributed by atoms with Crippen LogP contribution in [0.5, 0.6) is 11.5 Å². The Morgan fingerprint density at radius 1 is 1.00 bits per heavy atom. The molecule has 1 saturated carbocycles. The van der Waals surface area contributed by atoms with Crippen LogP contribution in [-0.4, -0.2) is 42.2 Å². The van der Waals surface area contributed by atoms with Crippen LogP contribution in [-0.2, 0) is 9.59 Å². The van der Waals surface area contributed by atoms with E-state index in [2.05, 4.69) is 10.3 Å². The van der Waals surface area contributed by atoms with Crippen molar-refractivity contribution in [2.75, 3.05) is 18.1 Å². The Morgan fingerprint density at radius 2 is 1.67 bits per heavy atom. The molecule has 4 rings (SSSR count). The van der Waals surface area contributed by atoms with E-state index in [0.717, 1.165) is 32.1 Å². The predicted molar refractivity (Wildman–Crippen MR) is 113 cm³/mol. The average Bonchev–Trinajstić information content (AvgIpc) is 2.82. The molecule has 2 aliphatic rings. The van der Waals surface area contributed by atoms with Crippen molar-refractivity contribution < 1.29 is 32.2 Å².